The Labute approximate surface area is 98.0 Å². The first kappa shape index (κ1) is 9.61. The lowest BCUT2D eigenvalue weighted by Gasteiger charge is -2.21. The topological polar surface area (TPSA) is 41.6 Å². The highest BCUT2D eigenvalue weighted by Crippen LogP contribution is 2.30. The van der Waals surface area contributed by atoms with Crippen molar-refractivity contribution >= 4 is 11.3 Å². The largest absolute Gasteiger partial charge is 0.344 e. The summed E-state index contributed by atoms with van der Waals surface area (Å²) in [6.07, 6.45) is 3.75. The quantitative estimate of drug-likeness (QED) is 0.754. The fourth-order valence-corrected chi connectivity index (χ4v) is 2.92. The SMILES string of the molecule is N#CC1CCn2c(ccc2-c2cncs2)C1. The molecule has 1 aliphatic rings. The first-order valence-electron chi connectivity index (χ1n) is 5.35. The highest BCUT2D eigenvalue weighted by atomic mass is 32.1. The third-order valence-electron chi connectivity index (χ3n) is 3.10. The summed E-state index contributed by atoms with van der Waals surface area (Å²) < 4.78 is 2.32. The minimum absolute atomic E-state index is 0.191. The third kappa shape index (κ3) is 1.44. The van der Waals surface area contributed by atoms with E-state index in [1.165, 1.54) is 16.3 Å². The van der Waals surface area contributed by atoms with Crippen LogP contribution in [0.3, 0.4) is 0 Å². The Morgan fingerprint density at radius 1 is 1.50 bits per heavy atom. The van der Waals surface area contributed by atoms with E-state index in [2.05, 4.69) is 27.8 Å². The van der Waals surface area contributed by atoms with Crippen LogP contribution in [0.2, 0.25) is 0 Å². The Kier molecular flexibility index (Phi) is 2.26. The Balaban J connectivity index is 2.01. The first-order valence-corrected chi connectivity index (χ1v) is 6.23. The molecular formula is C12H11N3S. The van der Waals surface area contributed by atoms with E-state index in [4.69, 9.17) is 5.26 Å². The van der Waals surface area contributed by atoms with Crippen molar-refractivity contribution in [3.8, 4) is 16.6 Å². The molecule has 4 heteroatoms. The zero-order valence-electron chi connectivity index (χ0n) is 8.76. The van der Waals surface area contributed by atoms with Gasteiger partial charge in [0.1, 0.15) is 0 Å². The van der Waals surface area contributed by atoms with E-state index < -0.39 is 0 Å². The van der Waals surface area contributed by atoms with Crippen LogP contribution < -0.4 is 0 Å². The van der Waals surface area contributed by atoms with Crippen LogP contribution in [0, 0.1) is 17.2 Å². The van der Waals surface area contributed by atoms with E-state index in [1.54, 1.807) is 11.3 Å². The van der Waals surface area contributed by atoms with Gasteiger partial charge in [-0.05, 0) is 18.6 Å². The molecule has 3 rings (SSSR count). The van der Waals surface area contributed by atoms with E-state index in [-0.39, 0.29) is 5.92 Å². The third-order valence-corrected chi connectivity index (χ3v) is 3.89. The molecule has 0 fully saturated rings. The highest BCUT2D eigenvalue weighted by molar-refractivity contribution is 7.13. The van der Waals surface area contributed by atoms with Crippen molar-refractivity contribution in [1.29, 1.82) is 5.26 Å². The van der Waals surface area contributed by atoms with Gasteiger partial charge in [-0.1, -0.05) is 0 Å². The monoisotopic (exact) mass is 229 g/mol. The maximum absolute atomic E-state index is 8.94. The van der Waals surface area contributed by atoms with Crippen molar-refractivity contribution in [2.24, 2.45) is 5.92 Å². The van der Waals surface area contributed by atoms with Crippen LogP contribution in [0.5, 0.6) is 0 Å². The van der Waals surface area contributed by atoms with E-state index in [0.717, 1.165) is 19.4 Å². The second-order valence-electron chi connectivity index (χ2n) is 4.05. The lowest BCUT2D eigenvalue weighted by molar-refractivity contribution is 0.462. The number of nitriles is 1. The predicted molar refractivity (Wildman–Crippen MR) is 63.0 cm³/mol. The zero-order chi connectivity index (χ0) is 11.0. The molecule has 2 aromatic rings. The van der Waals surface area contributed by atoms with Crippen LogP contribution in [0.15, 0.2) is 23.8 Å². The van der Waals surface area contributed by atoms with Gasteiger partial charge in [0.15, 0.2) is 0 Å². The predicted octanol–water partition coefficient (Wildman–Crippen LogP) is 2.70. The van der Waals surface area contributed by atoms with Gasteiger partial charge in [0, 0.05) is 24.9 Å². The molecule has 0 spiro atoms. The van der Waals surface area contributed by atoms with Gasteiger partial charge in [-0.25, -0.2) is 0 Å². The lowest BCUT2D eigenvalue weighted by atomic mass is 9.98. The molecule has 3 nitrogen and oxygen atoms in total. The van der Waals surface area contributed by atoms with Crippen LogP contribution in [0.25, 0.3) is 10.6 Å². The number of hydrogen-bond acceptors (Lipinski definition) is 3. The summed E-state index contributed by atoms with van der Waals surface area (Å²) in [5, 5.41) is 8.94. The number of hydrogen-bond donors (Lipinski definition) is 0. The van der Waals surface area contributed by atoms with Crippen molar-refractivity contribution in [2.45, 2.75) is 19.4 Å². The van der Waals surface area contributed by atoms with Crippen molar-refractivity contribution in [2.75, 3.05) is 0 Å². The second kappa shape index (κ2) is 3.76. The number of rotatable bonds is 1. The zero-order valence-corrected chi connectivity index (χ0v) is 9.57. The molecule has 0 bridgehead atoms. The molecule has 0 aliphatic carbocycles. The van der Waals surface area contributed by atoms with Gasteiger partial charge in [-0.3, -0.25) is 4.98 Å². The van der Waals surface area contributed by atoms with Gasteiger partial charge in [0.05, 0.1) is 28.1 Å². The molecule has 1 unspecified atom stereocenters. The van der Waals surface area contributed by atoms with Crippen LogP contribution in [0.4, 0.5) is 0 Å². The Morgan fingerprint density at radius 3 is 3.19 bits per heavy atom. The smallest absolute Gasteiger partial charge is 0.0798 e. The van der Waals surface area contributed by atoms with Gasteiger partial charge in [0.25, 0.3) is 0 Å². The molecule has 0 saturated carbocycles. The second-order valence-corrected chi connectivity index (χ2v) is 4.93. The Bertz CT molecular complexity index is 533. The maximum Gasteiger partial charge on any atom is 0.0798 e. The summed E-state index contributed by atoms with van der Waals surface area (Å²) in [7, 11) is 0. The van der Waals surface area contributed by atoms with Gasteiger partial charge in [0.2, 0.25) is 0 Å². The Hall–Kier alpha value is -1.60. The average molecular weight is 229 g/mol. The molecule has 2 aromatic heterocycles. The minimum Gasteiger partial charge on any atom is -0.344 e. The van der Waals surface area contributed by atoms with Crippen molar-refractivity contribution < 1.29 is 0 Å². The summed E-state index contributed by atoms with van der Waals surface area (Å²) in [5.74, 6) is 0.191. The fourth-order valence-electron chi connectivity index (χ4n) is 2.26. The first-order chi connectivity index (χ1) is 7.88. The number of thiazole rings is 1. The minimum atomic E-state index is 0.191. The Morgan fingerprint density at radius 2 is 2.44 bits per heavy atom. The molecule has 0 N–H and O–H groups in total. The van der Waals surface area contributed by atoms with Gasteiger partial charge in [-0.15, -0.1) is 11.3 Å². The summed E-state index contributed by atoms with van der Waals surface area (Å²) in [6, 6.07) is 6.64. The number of nitrogens with zero attached hydrogens (tertiary/aromatic N) is 3. The van der Waals surface area contributed by atoms with Gasteiger partial charge >= 0.3 is 0 Å². The molecule has 80 valence electrons. The highest BCUT2D eigenvalue weighted by Gasteiger charge is 2.20. The molecule has 0 radical (unpaired) electrons. The molecule has 16 heavy (non-hydrogen) atoms. The number of aromatic nitrogens is 2. The van der Waals surface area contributed by atoms with Crippen LogP contribution in [-0.4, -0.2) is 9.55 Å². The van der Waals surface area contributed by atoms with E-state index in [1.807, 2.05) is 11.7 Å². The lowest BCUT2D eigenvalue weighted by Crippen LogP contribution is -2.17. The van der Waals surface area contributed by atoms with Crippen LogP contribution in [0.1, 0.15) is 12.1 Å². The van der Waals surface area contributed by atoms with Crippen LogP contribution in [-0.2, 0) is 13.0 Å². The molecule has 1 aliphatic heterocycles. The van der Waals surface area contributed by atoms with Crippen molar-refractivity contribution in [1.82, 2.24) is 9.55 Å². The average Bonchev–Trinajstić information content (AvgIpc) is 2.96. The van der Waals surface area contributed by atoms with E-state index >= 15 is 0 Å². The van der Waals surface area contributed by atoms with E-state index in [0.29, 0.717) is 0 Å². The molecule has 0 amide bonds. The summed E-state index contributed by atoms with van der Waals surface area (Å²) in [5.41, 5.74) is 4.38. The molecular weight excluding hydrogens is 218 g/mol. The maximum atomic E-state index is 8.94. The molecule has 0 aromatic carbocycles. The molecule has 0 saturated heterocycles. The van der Waals surface area contributed by atoms with Crippen molar-refractivity contribution in [3.05, 3.63) is 29.5 Å². The normalized spacial score (nSPS) is 19.1. The molecule has 1 atom stereocenters. The number of fused-ring (bicyclic) bond motifs is 1. The fraction of sp³-hybridized carbons (Fsp3) is 0.333. The van der Waals surface area contributed by atoms with E-state index in [9.17, 15) is 0 Å². The van der Waals surface area contributed by atoms with Crippen molar-refractivity contribution in [3.63, 3.8) is 0 Å². The summed E-state index contributed by atoms with van der Waals surface area (Å²) in [6.45, 7) is 0.952. The summed E-state index contributed by atoms with van der Waals surface area (Å²) in [4.78, 5) is 5.32. The van der Waals surface area contributed by atoms with Gasteiger partial charge in [-0.2, -0.15) is 5.26 Å². The van der Waals surface area contributed by atoms with Gasteiger partial charge < -0.3 is 4.57 Å². The van der Waals surface area contributed by atoms with Crippen LogP contribution >= 0.6 is 11.3 Å². The summed E-state index contributed by atoms with van der Waals surface area (Å²) >= 11 is 1.66. The standard InChI is InChI=1S/C12H11N3S/c13-6-9-3-4-15-10(5-9)1-2-11(15)12-7-14-8-16-12/h1-2,7-9H,3-5H2. The molecule has 3 heterocycles.